The number of carbonyl (C=O) groups is 1. The summed E-state index contributed by atoms with van der Waals surface area (Å²) in [5.74, 6) is -0.238. The van der Waals surface area contributed by atoms with Gasteiger partial charge < -0.3 is 9.47 Å². The maximum Gasteiger partial charge on any atom is 0.573 e. The summed E-state index contributed by atoms with van der Waals surface area (Å²) in [5.41, 5.74) is 0.264. The van der Waals surface area contributed by atoms with E-state index in [9.17, 15) is 18.0 Å². The lowest BCUT2D eigenvalue weighted by atomic mass is 10.1. The maximum absolute atomic E-state index is 12.2. The summed E-state index contributed by atoms with van der Waals surface area (Å²) >= 11 is 1.21. The lowest BCUT2D eigenvalue weighted by Gasteiger charge is -2.09. The average molecular weight is 302 g/mol. The topological polar surface area (TPSA) is 35.5 Å². The lowest BCUT2D eigenvalue weighted by Crippen LogP contribution is -2.17. The van der Waals surface area contributed by atoms with Gasteiger partial charge in [-0.15, -0.1) is 24.5 Å². The highest BCUT2D eigenvalue weighted by Gasteiger charge is 2.31. The summed E-state index contributed by atoms with van der Waals surface area (Å²) < 4.78 is 44.8. The van der Waals surface area contributed by atoms with Crippen LogP contribution in [0.5, 0.6) is 11.5 Å². The number of halogens is 3. The molecule has 0 aliphatic rings. The van der Waals surface area contributed by atoms with Crippen molar-refractivity contribution in [1.29, 1.82) is 0 Å². The number of benzene rings is 1. The Balaban J connectivity index is 2.20. The Labute approximate surface area is 116 Å². The van der Waals surface area contributed by atoms with Gasteiger partial charge >= 0.3 is 6.36 Å². The number of ketones is 1. The largest absolute Gasteiger partial charge is 0.573 e. The SMILES string of the molecule is COc1ccsc1C(=O)c1ccc(OC(F)(F)F)cc1. The fraction of sp³-hybridized carbons (Fsp3) is 0.154. The van der Waals surface area contributed by atoms with Crippen molar-refractivity contribution in [2.45, 2.75) is 6.36 Å². The molecule has 106 valence electrons. The van der Waals surface area contributed by atoms with E-state index < -0.39 is 6.36 Å². The zero-order chi connectivity index (χ0) is 14.8. The fourth-order valence-electron chi connectivity index (χ4n) is 1.56. The van der Waals surface area contributed by atoms with E-state index in [0.29, 0.717) is 10.6 Å². The van der Waals surface area contributed by atoms with Crippen molar-refractivity contribution in [2.75, 3.05) is 7.11 Å². The average Bonchev–Trinajstić information content (AvgIpc) is 2.85. The molecule has 20 heavy (non-hydrogen) atoms. The van der Waals surface area contributed by atoms with E-state index in [1.165, 1.54) is 30.6 Å². The third-order valence-corrected chi connectivity index (χ3v) is 3.30. The molecule has 1 aromatic heterocycles. The smallest absolute Gasteiger partial charge is 0.495 e. The molecule has 7 heteroatoms. The van der Waals surface area contributed by atoms with Gasteiger partial charge in [0.1, 0.15) is 16.4 Å². The number of rotatable bonds is 4. The summed E-state index contributed by atoms with van der Waals surface area (Å²) in [5, 5.41) is 1.70. The molecule has 0 amide bonds. The van der Waals surface area contributed by atoms with Gasteiger partial charge in [0.15, 0.2) is 0 Å². The van der Waals surface area contributed by atoms with Crippen molar-refractivity contribution in [3.8, 4) is 11.5 Å². The van der Waals surface area contributed by atoms with Crippen molar-refractivity contribution in [3.63, 3.8) is 0 Å². The van der Waals surface area contributed by atoms with Gasteiger partial charge in [-0.2, -0.15) is 0 Å². The number of alkyl halides is 3. The molecule has 2 aromatic rings. The molecule has 3 nitrogen and oxygen atoms in total. The van der Waals surface area contributed by atoms with Crippen LogP contribution < -0.4 is 9.47 Å². The molecule has 0 atom stereocenters. The van der Waals surface area contributed by atoms with Gasteiger partial charge in [0.2, 0.25) is 5.78 Å². The summed E-state index contributed by atoms with van der Waals surface area (Å²) in [6.07, 6.45) is -4.75. The van der Waals surface area contributed by atoms with E-state index in [0.717, 1.165) is 12.1 Å². The van der Waals surface area contributed by atoms with Crippen LogP contribution in [0.15, 0.2) is 35.7 Å². The summed E-state index contributed by atoms with van der Waals surface area (Å²) in [6.45, 7) is 0. The Hall–Kier alpha value is -2.02. The van der Waals surface area contributed by atoms with Crippen molar-refractivity contribution in [3.05, 3.63) is 46.2 Å². The monoisotopic (exact) mass is 302 g/mol. The second-order valence-corrected chi connectivity index (χ2v) is 4.64. The zero-order valence-electron chi connectivity index (χ0n) is 10.2. The summed E-state index contributed by atoms with van der Waals surface area (Å²) in [7, 11) is 1.44. The van der Waals surface area contributed by atoms with Crippen LogP contribution >= 0.6 is 11.3 Å². The Morgan fingerprint density at radius 2 is 1.80 bits per heavy atom. The molecule has 0 aliphatic carbocycles. The highest BCUT2D eigenvalue weighted by atomic mass is 32.1. The first-order valence-electron chi connectivity index (χ1n) is 5.42. The van der Waals surface area contributed by atoms with Gasteiger partial charge in [-0.25, -0.2) is 0 Å². The lowest BCUT2D eigenvalue weighted by molar-refractivity contribution is -0.274. The van der Waals surface area contributed by atoms with Crippen LogP contribution in [0.2, 0.25) is 0 Å². The summed E-state index contributed by atoms with van der Waals surface area (Å²) in [4.78, 5) is 12.6. The standard InChI is InChI=1S/C13H9F3O3S/c1-18-10-6-7-20-12(10)11(17)8-2-4-9(5-3-8)19-13(14,15)16/h2-7H,1H3. The quantitative estimate of drug-likeness (QED) is 0.804. The molecule has 0 saturated carbocycles. The number of hydrogen-bond donors (Lipinski definition) is 0. The Bertz CT molecular complexity index is 602. The second-order valence-electron chi connectivity index (χ2n) is 3.72. The number of thiophene rings is 1. The molecule has 0 saturated heterocycles. The van der Waals surface area contributed by atoms with E-state index in [1.54, 1.807) is 11.4 Å². The van der Waals surface area contributed by atoms with Crippen molar-refractivity contribution < 1.29 is 27.4 Å². The molecule has 0 fully saturated rings. The minimum atomic E-state index is -4.75. The van der Waals surface area contributed by atoms with Gasteiger partial charge in [0.25, 0.3) is 0 Å². The Kier molecular flexibility index (Phi) is 3.99. The predicted molar refractivity (Wildman–Crippen MR) is 67.4 cm³/mol. The highest BCUT2D eigenvalue weighted by Crippen LogP contribution is 2.28. The van der Waals surface area contributed by atoms with Gasteiger partial charge in [-0.05, 0) is 35.7 Å². The molecule has 1 aromatic carbocycles. The molecule has 0 unspecified atom stereocenters. The fourth-order valence-corrected chi connectivity index (χ4v) is 2.38. The van der Waals surface area contributed by atoms with Crippen molar-refractivity contribution in [2.24, 2.45) is 0 Å². The van der Waals surface area contributed by atoms with Gasteiger partial charge in [0, 0.05) is 5.56 Å². The number of methoxy groups -OCH3 is 1. The first-order chi connectivity index (χ1) is 9.40. The highest BCUT2D eigenvalue weighted by molar-refractivity contribution is 7.12. The van der Waals surface area contributed by atoms with E-state index in [1.807, 2.05) is 0 Å². The molecule has 0 spiro atoms. The number of ether oxygens (including phenoxy) is 2. The normalized spacial score (nSPS) is 11.2. The minimum absolute atomic E-state index is 0.264. The van der Waals surface area contributed by atoms with E-state index in [4.69, 9.17) is 4.74 Å². The molecule has 1 heterocycles. The molecule has 0 aliphatic heterocycles. The van der Waals surface area contributed by atoms with Crippen LogP contribution in [0.25, 0.3) is 0 Å². The van der Waals surface area contributed by atoms with Gasteiger partial charge in [-0.3, -0.25) is 4.79 Å². The molecule has 0 bridgehead atoms. The first kappa shape index (κ1) is 14.4. The van der Waals surface area contributed by atoms with Crippen molar-refractivity contribution in [1.82, 2.24) is 0 Å². The molecular weight excluding hydrogens is 293 g/mol. The van der Waals surface area contributed by atoms with Crippen molar-refractivity contribution >= 4 is 17.1 Å². The molecule has 0 radical (unpaired) electrons. The van der Waals surface area contributed by atoms with E-state index >= 15 is 0 Å². The minimum Gasteiger partial charge on any atom is -0.495 e. The first-order valence-corrected chi connectivity index (χ1v) is 6.30. The van der Waals surface area contributed by atoms with Crippen LogP contribution in [-0.4, -0.2) is 19.3 Å². The second kappa shape index (κ2) is 5.54. The maximum atomic E-state index is 12.2. The van der Waals surface area contributed by atoms with Crippen LogP contribution in [0.3, 0.4) is 0 Å². The third-order valence-electron chi connectivity index (χ3n) is 2.41. The molecule has 0 N–H and O–H groups in total. The Morgan fingerprint density at radius 1 is 1.15 bits per heavy atom. The number of hydrogen-bond acceptors (Lipinski definition) is 4. The third kappa shape index (κ3) is 3.30. The Morgan fingerprint density at radius 3 is 2.35 bits per heavy atom. The zero-order valence-corrected chi connectivity index (χ0v) is 11.0. The summed E-state index contributed by atoms with van der Waals surface area (Å²) in [6, 6.07) is 6.41. The van der Waals surface area contributed by atoms with Crippen LogP contribution in [0.4, 0.5) is 13.2 Å². The van der Waals surface area contributed by atoms with Crippen LogP contribution in [-0.2, 0) is 0 Å². The van der Waals surface area contributed by atoms with Gasteiger partial charge in [-0.1, -0.05) is 0 Å². The molecule has 2 rings (SSSR count). The van der Waals surface area contributed by atoms with Crippen LogP contribution in [0.1, 0.15) is 15.2 Å². The number of carbonyl (C=O) groups excluding carboxylic acids is 1. The van der Waals surface area contributed by atoms with Crippen LogP contribution in [0, 0.1) is 0 Å². The van der Waals surface area contributed by atoms with Gasteiger partial charge in [0.05, 0.1) is 7.11 Å². The van der Waals surface area contributed by atoms with E-state index in [-0.39, 0.29) is 17.1 Å². The predicted octanol–water partition coefficient (Wildman–Crippen LogP) is 3.89. The van der Waals surface area contributed by atoms with E-state index in [2.05, 4.69) is 4.74 Å². The molecular formula is C13H9F3O3S.